The van der Waals surface area contributed by atoms with Gasteiger partial charge in [-0.05, 0) is 56.6 Å². The molecule has 1 fully saturated rings. The van der Waals surface area contributed by atoms with Gasteiger partial charge in [-0.25, -0.2) is 0 Å². The Hall–Kier alpha value is -3.50. The Balaban J connectivity index is 1.36. The highest BCUT2D eigenvalue weighted by molar-refractivity contribution is 7.98. The number of likely N-dealkylation sites (tertiary alicyclic amines) is 1. The SMILES string of the molecule is Cc1ccccc1Nc1nc(N)nc(CSc2nnc(CN3CCCCC3)n2-c2ccccc2)n1. The lowest BCUT2D eigenvalue weighted by Gasteiger charge is -2.26. The van der Waals surface area contributed by atoms with E-state index >= 15 is 0 Å². The molecule has 2 aromatic carbocycles. The number of aromatic nitrogens is 6. The molecule has 2 aromatic heterocycles. The fraction of sp³-hybridized carbons (Fsp3) is 0.320. The summed E-state index contributed by atoms with van der Waals surface area (Å²) in [5.74, 6) is 2.63. The number of benzene rings is 2. The number of nitrogens with two attached hydrogens (primary N) is 1. The molecule has 0 unspecified atom stereocenters. The highest BCUT2D eigenvalue weighted by Gasteiger charge is 2.19. The maximum absolute atomic E-state index is 6.00. The van der Waals surface area contributed by atoms with Gasteiger partial charge in [-0.1, -0.05) is 54.6 Å². The Morgan fingerprint density at radius 3 is 2.49 bits per heavy atom. The molecule has 1 aliphatic heterocycles. The summed E-state index contributed by atoms with van der Waals surface area (Å²) in [5.41, 5.74) is 9.07. The van der Waals surface area contributed by atoms with Crippen molar-refractivity contribution in [2.24, 2.45) is 0 Å². The molecule has 0 saturated carbocycles. The van der Waals surface area contributed by atoms with Gasteiger partial charge in [0.15, 0.2) is 11.0 Å². The van der Waals surface area contributed by atoms with Gasteiger partial charge in [0, 0.05) is 11.4 Å². The number of piperidine rings is 1. The van der Waals surface area contributed by atoms with Crippen LogP contribution >= 0.6 is 11.8 Å². The van der Waals surface area contributed by atoms with Crippen LogP contribution in [0.15, 0.2) is 59.8 Å². The summed E-state index contributed by atoms with van der Waals surface area (Å²) in [5, 5.41) is 13.1. The van der Waals surface area contributed by atoms with Crippen molar-refractivity contribution in [3.05, 3.63) is 71.8 Å². The highest BCUT2D eigenvalue weighted by Crippen LogP contribution is 2.26. The fourth-order valence-electron chi connectivity index (χ4n) is 4.17. The minimum absolute atomic E-state index is 0.182. The van der Waals surface area contributed by atoms with Crippen molar-refractivity contribution in [1.29, 1.82) is 0 Å². The van der Waals surface area contributed by atoms with Crippen LogP contribution in [0.25, 0.3) is 5.69 Å². The van der Waals surface area contributed by atoms with E-state index in [1.54, 1.807) is 0 Å². The van der Waals surface area contributed by atoms with E-state index in [4.69, 9.17) is 5.73 Å². The first-order valence-electron chi connectivity index (χ1n) is 11.8. The van der Waals surface area contributed by atoms with Crippen LogP contribution in [0.3, 0.4) is 0 Å². The second-order valence-corrected chi connectivity index (χ2v) is 9.51. The summed E-state index contributed by atoms with van der Waals surface area (Å²) in [6.07, 6.45) is 3.78. The number of aryl methyl sites for hydroxylation is 1. The van der Waals surface area contributed by atoms with Gasteiger partial charge in [0.25, 0.3) is 0 Å². The minimum Gasteiger partial charge on any atom is -0.368 e. The normalized spacial score (nSPS) is 14.2. The van der Waals surface area contributed by atoms with E-state index in [1.165, 1.54) is 31.0 Å². The van der Waals surface area contributed by atoms with Crippen molar-refractivity contribution < 1.29 is 0 Å². The third kappa shape index (κ3) is 5.77. The number of anilines is 3. The lowest BCUT2D eigenvalue weighted by molar-refractivity contribution is 0.214. The van der Waals surface area contributed by atoms with E-state index < -0.39 is 0 Å². The number of nitrogens with zero attached hydrogens (tertiary/aromatic N) is 7. The van der Waals surface area contributed by atoms with Crippen molar-refractivity contribution in [1.82, 2.24) is 34.6 Å². The molecule has 35 heavy (non-hydrogen) atoms. The Labute approximate surface area is 209 Å². The Morgan fingerprint density at radius 2 is 1.69 bits per heavy atom. The molecular weight excluding hydrogens is 458 g/mol. The second kappa shape index (κ2) is 10.8. The van der Waals surface area contributed by atoms with Crippen LogP contribution in [-0.2, 0) is 12.3 Å². The first-order valence-corrected chi connectivity index (χ1v) is 12.8. The van der Waals surface area contributed by atoms with Crippen molar-refractivity contribution >= 4 is 29.3 Å². The predicted octanol–water partition coefficient (Wildman–Crippen LogP) is 4.36. The maximum Gasteiger partial charge on any atom is 0.232 e. The molecule has 0 bridgehead atoms. The summed E-state index contributed by atoms with van der Waals surface area (Å²) in [6.45, 7) is 5.02. The molecule has 0 amide bonds. The molecular formula is C25H29N9S. The number of nitrogen functional groups attached to an aromatic ring is 1. The molecule has 5 rings (SSSR count). The van der Waals surface area contributed by atoms with Crippen LogP contribution in [0, 0.1) is 6.92 Å². The smallest absolute Gasteiger partial charge is 0.232 e. The first-order chi connectivity index (χ1) is 17.2. The van der Waals surface area contributed by atoms with Gasteiger partial charge in [-0.3, -0.25) is 9.47 Å². The van der Waals surface area contributed by atoms with Gasteiger partial charge in [-0.2, -0.15) is 15.0 Å². The van der Waals surface area contributed by atoms with Crippen molar-refractivity contribution in [3.8, 4) is 5.69 Å². The van der Waals surface area contributed by atoms with Crippen LogP contribution in [0.5, 0.6) is 0 Å². The lowest BCUT2D eigenvalue weighted by Crippen LogP contribution is -2.30. The Morgan fingerprint density at radius 1 is 0.914 bits per heavy atom. The number of thioether (sulfide) groups is 1. The van der Waals surface area contributed by atoms with Crippen LogP contribution in [-0.4, -0.2) is 47.7 Å². The average molecular weight is 488 g/mol. The first kappa shape index (κ1) is 23.3. The number of nitrogens with one attached hydrogen (secondary N) is 1. The monoisotopic (exact) mass is 487 g/mol. The van der Waals surface area contributed by atoms with Gasteiger partial charge in [0.1, 0.15) is 5.82 Å². The van der Waals surface area contributed by atoms with E-state index in [9.17, 15) is 0 Å². The van der Waals surface area contributed by atoms with Crippen LogP contribution in [0.1, 0.15) is 36.5 Å². The third-order valence-electron chi connectivity index (χ3n) is 5.95. The van der Waals surface area contributed by atoms with Crippen molar-refractivity contribution in [2.45, 2.75) is 43.6 Å². The zero-order valence-corrected chi connectivity index (χ0v) is 20.6. The summed E-state index contributed by atoms with van der Waals surface area (Å²) >= 11 is 1.54. The zero-order valence-electron chi connectivity index (χ0n) is 19.8. The minimum atomic E-state index is 0.182. The largest absolute Gasteiger partial charge is 0.368 e. The molecule has 180 valence electrons. The van der Waals surface area contributed by atoms with Gasteiger partial charge in [0.2, 0.25) is 11.9 Å². The molecule has 0 atom stereocenters. The number of hydrogen-bond donors (Lipinski definition) is 2. The van der Waals surface area contributed by atoms with Crippen molar-refractivity contribution in [2.75, 3.05) is 24.1 Å². The molecule has 4 aromatic rings. The third-order valence-corrected chi connectivity index (χ3v) is 6.87. The van der Waals surface area contributed by atoms with Crippen molar-refractivity contribution in [3.63, 3.8) is 0 Å². The predicted molar refractivity (Wildman–Crippen MR) is 139 cm³/mol. The molecule has 9 nitrogen and oxygen atoms in total. The Kier molecular flexibility index (Phi) is 7.20. The van der Waals surface area contributed by atoms with Gasteiger partial charge < -0.3 is 11.1 Å². The van der Waals surface area contributed by atoms with E-state index in [1.807, 2.05) is 49.4 Å². The van der Waals surface area contributed by atoms with Gasteiger partial charge >= 0.3 is 0 Å². The molecule has 3 N–H and O–H groups in total. The molecule has 0 radical (unpaired) electrons. The number of rotatable bonds is 8. The fourth-order valence-corrected chi connectivity index (χ4v) is 5.00. The van der Waals surface area contributed by atoms with Crippen LogP contribution in [0.2, 0.25) is 0 Å². The average Bonchev–Trinajstić information content (AvgIpc) is 3.27. The number of para-hydroxylation sites is 2. The van der Waals surface area contributed by atoms with Gasteiger partial charge in [0.05, 0.1) is 12.3 Å². The second-order valence-electron chi connectivity index (χ2n) is 8.57. The Bertz CT molecular complexity index is 1270. The molecule has 0 aliphatic carbocycles. The van der Waals surface area contributed by atoms with E-state index in [0.717, 1.165) is 47.6 Å². The topological polar surface area (TPSA) is 111 Å². The summed E-state index contributed by atoms with van der Waals surface area (Å²) in [7, 11) is 0. The van der Waals surface area contributed by atoms with Crippen LogP contribution < -0.4 is 11.1 Å². The van der Waals surface area contributed by atoms with Gasteiger partial charge in [-0.15, -0.1) is 10.2 Å². The standard InChI is InChI=1S/C25H29N9S/c1-18-10-6-7-13-20(18)27-24-29-21(28-23(26)30-24)17-35-25-32-31-22(16-33-14-8-3-9-15-33)34(25)19-11-4-2-5-12-19/h2,4-7,10-13H,3,8-9,14-17H2,1H3,(H3,26,27,28,29,30). The molecule has 1 saturated heterocycles. The number of hydrogen-bond acceptors (Lipinski definition) is 9. The maximum atomic E-state index is 6.00. The quantitative estimate of drug-likeness (QED) is 0.350. The van der Waals surface area contributed by atoms with E-state index in [0.29, 0.717) is 17.5 Å². The van der Waals surface area contributed by atoms with E-state index in [2.05, 4.69) is 52.1 Å². The van der Waals surface area contributed by atoms with Crippen LogP contribution in [0.4, 0.5) is 17.6 Å². The molecule has 1 aliphatic rings. The highest BCUT2D eigenvalue weighted by atomic mass is 32.2. The summed E-state index contributed by atoms with van der Waals surface area (Å²) in [4.78, 5) is 15.6. The summed E-state index contributed by atoms with van der Waals surface area (Å²) in [6, 6.07) is 18.2. The molecule has 0 spiro atoms. The molecule has 10 heteroatoms. The zero-order chi connectivity index (χ0) is 24.0. The molecule has 3 heterocycles. The summed E-state index contributed by atoms with van der Waals surface area (Å²) < 4.78 is 2.14. The van der Waals surface area contributed by atoms with E-state index in [-0.39, 0.29) is 5.95 Å². The lowest BCUT2D eigenvalue weighted by atomic mass is 10.1.